The van der Waals surface area contributed by atoms with Gasteiger partial charge in [0.25, 0.3) is 0 Å². The lowest BCUT2D eigenvalue weighted by Gasteiger charge is -2.34. The molecule has 9 heteroatoms. The first-order valence-electron chi connectivity index (χ1n) is 9.58. The van der Waals surface area contributed by atoms with Gasteiger partial charge in [-0.3, -0.25) is 4.79 Å². The van der Waals surface area contributed by atoms with Crippen LogP contribution in [0.25, 0.3) is 0 Å². The highest BCUT2D eigenvalue weighted by Crippen LogP contribution is 2.28. The maximum Gasteiger partial charge on any atom is 0.433 e. The molecule has 1 aromatic heterocycles. The minimum Gasteiger partial charge on any atom is -0.367 e. The SMILES string of the molecule is O=C1CCCCCN1CCN1CCC(Nc2cc(C(F)(F)F)ncn2)CC1. The summed E-state index contributed by atoms with van der Waals surface area (Å²) in [6.45, 7) is 4.18. The Kier molecular flexibility index (Phi) is 6.51. The van der Waals surface area contributed by atoms with Gasteiger partial charge in [-0.25, -0.2) is 9.97 Å². The molecule has 0 atom stereocenters. The molecule has 150 valence electrons. The summed E-state index contributed by atoms with van der Waals surface area (Å²) in [6, 6.07) is 1.05. The highest BCUT2D eigenvalue weighted by atomic mass is 19.4. The summed E-state index contributed by atoms with van der Waals surface area (Å²) in [5, 5.41) is 3.09. The second kappa shape index (κ2) is 8.86. The van der Waals surface area contributed by atoms with Crippen LogP contribution in [0.4, 0.5) is 19.0 Å². The quantitative estimate of drug-likeness (QED) is 0.845. The molecule has 2 saturated heterocycles. The molecule has 0 saturated carbocycles. The van der Waals surface area contributed by atoms with Gasteiger partial charge in [0.1, 0.15) is 17.8 Å². The van der Waals surface area contributed by atoms with Gasteiger partial charge in [-0.15, -0.1) is 0 Å². The summed E-state index contributed by atoms with van der Waals surface area (Å²) in [5.74, 6) is 0.472. The summed E-state index contributed by atoms with van der Waals surface area (Å²) in [4.78, 5) is 23.5. The van der Waals surface area contributed by atoms with Crippen LogP contribution in [-0.2, 0) is 11.0 Å². The molecule has 2 fully saturated rings. The molecule has 6 nitrogen and oxygen atoms in total. The highest BCUT2D eigenvalue weighted by molar-refractivity contribution is 5.76. The van der Waals surface area contributed by atoms with Crippen molar-refractivity contribution >= 4 is 11.7 Å². The molecular weight excluding hydrogens is 359 g/mol. The fraction of sp³-hybridized carbons (Fsp3) is 0.722. The Morgan fingerprint density at radius 1 is 1.07 bits per heavy atom. The van der Waals surface area contributed by atoms with E-state index in [1.165, 1.54) is 0 Å². The summed E-state index contributed by atoms with van der Waals surface area (Å²) in [6.07, 6.45) is 2.00. The number of aromatic nitrogens is 2. The second-order valence-electron chi connectivity index (χ2n) is 7.24. The van der Waals surface area contributed by atoms with E-state index in [4.69, 9.17) is 0 Å². The minimum atomic E-state index is -4.46. The number of carbonyl (C=O) groups is 1. The zero-order chi connectivity index (χ0) is 19.3. The predicted octanol–water partition coefficient (Wildman–Crippen LogP) is 2.77. The van der Waals surface area contributed by atoms with E-state index in [-0.39, 0.29) is 17.8 Å². The molecule has 3 heterocycles. The Hall–Kier alpha value is -1.90. The average Bonchev–Trinajstić information content (AvgIpc) is 2.85. The van der Waals surface area contributed by atoms with Crippen LogP contribution in [-0.4, -0.2) is 64.4 Å². The molecule has 27 heavy (non-hydrogen) atoms. The summed E-state index contributed by atoms with van der Waals surface area (Å²) in [7, 11) is 0. The van der Waals surface area contributed by atoms with Gasteiger partial charge in [-0.05, 0) is 25.7 Å². The van der Waals surface area contributed by atoms with Crippen LogP contribution in [0.5, 0.6) is 0 Å². The van der Waals surface area contributed by atoms with Gasteiger partial charge in [0.05, 0.1) is 0 Å². The van der Waals surface area contributed by atoms with Gasteiger partial charge >= 0.3 is 6.18 Å². The molecular formula is C18H26F3N5O. The zero-order valence-corrected chi connectivity index (χ0v) is 15.3. The second-order valence-corrected chi connectivity index (χ2v) is 7.24. The van der Waals surface area contributed by atoms with E-state index in [1.807, 2.05) is 4.90 Å². The number of hydrogen-bond donors (Lipinski definition) is 1. The average molecular weight is 385 g/mol. The number of likely N-dealkylation sites (tertiary alicyclic amines) is 2. The molecule has 0 aliphatic carbocycles. The topological polar surface area (TPSA) is 61.4 Å². The van der Waals surface area contributed by atoms with Crippen LogP contribution in [0.15, 0.2) is 12.4 Å². The first kappa shape index (κ1) is 19.9. The number of piperidine rings is 1. The molecule has 0 aromatic carbocycles. The molecule has 1 N–H and O–H groups in total. The molecule has 3 rings (SSSR count). The van der Waals surface area contributed by atoms with E-state index in [2.05, 4.69) is 20.2 Å². The number of nitrogens with zero attached hydrogens (tertiary/aromatic N) is 4. The van der Waals surface area contributed by atoms with Crippen molar-refractivity contribution in [1.82, 2.24) is 19.8 Å². The molecule has 0 unspecified atom stereocenters. The number of nitrogens with one attached hydrogen (secondary N) is 1. The molecule has 0 spiro atoms. The maximum absolute atomic E-state index is 12.7. The number of halogens is 3. The largest absolute Gasteiger partial charge is 0.433 e. The van der Waals surface area contributed by atoms with E-state index >= 15 is 0 Å². The third kappa shape index (κ3) is 5.79. The van der Waals surface area contributed by atoms with Crippen LogP contribution in [0, 0.1) is 0 Å². The molecule has 1 aromatic rings. The number of rotatable bonds is 5. The molecule has 2 aliphatic heterocycles. The van der Waals surface area contributed by atoms with E-state index in [9.17, 15) is 18.0 Å². The molecule has 0 radical (unpaired) electrons. The summed E-state index contributed by atoms with van der Waals surface area (Å²) < 4.78 is 38.2. The van der Waals surface area contributed by atoms with E-state index in [0.29, 0.717) is 6.42 Å². The Bertz CT molecular complexity index is 632. The fourth-order valence-electron chi connectivity index (χ4n) is 3.64. The standard InChI is InChI=1S/C18H26F3N5O/c19-18(20,21)15-12-16(23-13-22-15)24-14-5-8-25(9-6-14)10-11-26-7-3-1-2-4-17(26)27/h12-14H,1-11H2,(H,22,23,24). The Morgan fingerprint density at radius 2 is 1.85 bits per heavy atom. The van der Waals surface area contributed by atoms with Gasteiger partial charge in [-0.2, -0.15) is 13.2 Å². The summed E-state index contributed by atoms with van der Waals surface area (Å²) in [5.41, 5.74) is -0.931. The fourth-order valence-corrected chi connectivity index (χ4v) is 3.64. The van der Waals surface area contributed by atoms with Crippen LogP contribution < -0.4 is 5.32 Å². The number of amides is 1. The molecule has 1 amide bonds. The lowest BCUT2D eigenvalue weighted by molar-refractivity contribution is -0.141. The highest BCUT2D eigenvalue weighted by Gasteiger charge is 2.33. The van der Waals surface area contributed by atoms with E-state index < -0.39 is 11.9 Å². The normalized spacial score (nSPS) is 20.6. The number of carbonyl (C=O) groups excluding carboxylic acids is 1. The molecule has 2 aliphatic rings. The van der Waals surface area contributed by atoms with Crippen LogP contribution >= 0.6 is 0 Å². The Labute approximate surface area is 157 Å². The first-order chi connectivity index (χ1) is 12.9. The number of anilines is 1. The van der Waals surface area contributed by atoms with E-state index in [1.54, 1.807) is 0 Å². The van der Waals surface area contributed by atoms with Crippen LogP contribution in [0.1, 0.15) is 44.2 Å². The third-order valence-corrected chi connectivity index (χ3v) is 5.25. The third-order valence-electron chi connectivity index (χ3n) is 5.25. The lowest BCUT2D eigenvalue weighted by atomic mass is 10.1. The van der Waals surface area contributed by atoms with Crippen molar-refractivity contribution in [3.05, 3.63) is 18.1 Å². The zero-order valence-electron chi connectivity index (χ0n) is 15.3. The van der Waals surface area contributed by atoms with Gasteiger partial charge in [0, 0.05) is 51.3 Å². The van der Waals surface area contributed by atoms with Crippen molar-refractivity contribution in [2.75, 3.05) is 38.0 Å². The van der Waals surface area contributed by atoms with Gasteiger partial charge in [-0.1, -0.05) is 6.42 Å². The van der Waals surface area contributed by atoms with Crippen molar-refractivity contribution in [3.63, 3.8) is 0 Å². The van der Waals surface area contributed by atoms with Gasteiger partial charge < -0.3 is 15.1 Å². The Morgan fingerprint density at radius 3 is 2.59 bits per heavy atom. The summed E-state index contributed by atoms with van der Waals surface area (Å²) >= 11 is 0. The van der Waals surface area contributed by atoms with Crippen molar-refractivity contribution < 1.29 is 18.0 Å². The Balaban J connectivity index is 1.43. The van der Waals surface area contributed by atoms with Crippen LogP contribution in [0.2, 0.25) is 0 Å². The van der Waals surface area contributed by atoms with Crippen LogP contribution in [0.3, 0.4) is 0 Å². The molecule has 0 bridgehead atoms. The number of hydrogen-bond acceptors (Lipinski definition) is 5. The van der Waals surface area contributed by atoms with Gasteiger partial charge in [0.2, 0.25) is 5.91 Å². The van der Waals surface area contributed by atoms with Crippen molar-refractivity contribution in [3.8, 4) is 0 Å². The number of alkyl halides is 3. The predicted molar refractivity (Wildman–Crippen MR) is 95.2 cm³/mol. The monoisotopic (exact) mass is 385 g/mol. The van der Waals surface area contributed by atoms with Crippen molar-refractivity contribution in [2.24, 2.45) is 0 Å². The van der Waals surface area contributed by atoms with E-state index in [0.717, 1.165) is 77.2 Å². The lowest BCUT2D eigenvalue weighted by Crippen LogP contribution is -2.44. The van der Waals surface area contributed by atoms with Crippen molar-refractivity contribution in [2.45, 2.75) is 50.7 Å². The maximum atomic E-state index is 12.7. The van der Waals surface area contributed by atoms with Crippen molar-refractivity contribution in [1.29, 1.82) is 0 Å². The smallest absolute Gasteiger partial charge is 0.367 e. The first-order valence-corrected chi connectivity index (χ1v) is 9.58. The minimum absolute atomic E-state index is 0.0945. The van der Waals surface area contributed by atoms with Gasteiger partial charge in [0.15, 0.2) is 0 Å².